The van der Waals surface area contributed by atoms with Gasteiger partial charge in [0.25, 0.3) is 5.91 Å². The first kappa shape index (κ1) is 13.3. The fourth-order valence-electron chi connectivity index (χ4n) is 1.41. The lowest BCUT2D eigenvalue weighted by Gasteiger charge is -2.00. The van der Waals surface area contributed by atoms with E-state index in [0.717, 1.165) is 10.0 Å². The van der Waals surface area contributed by atoms with Crippen LogP contribution >= 0.6 is 15.9 Å². The third-order valence-electron chi connectivity index (χ3n) is 2.42. The molecular formula is C14H12BrN3O. The minimum atomic E-state index is -0.270. The molecule has 0 aliphatic heterocycles. The van der Waals surface area contributed by atoms with Gasteiger partial charge in [0.15, 0.2) is 0 Å². The summed E-state index contributed by atoms with van der Waals surface area (Å²) in [4.78, 5) is 11.7. The van der Waals surface area contributed by atoms with Crippen LogP contribution in [-0.2, 0) is 0 Å². The number of amides is 1. The van der Waals surface area contributed by atoms with Crippen LogP contribution in [0.25, 0.3) is 0 Å². The van der Waals surface area contributed by atoms with Gasteiger partial charge in [-0.2, -0.15) is 5.10 Å². The molecule has 0 aromatic heterocycles. The van der Waals surface area contributed by atoms with Crippen LogP contribution < -0.4 is 11.2 Å². The predicted octanol–water partition coefficient (Wildman–Crippen LogP) is 2.80. The molecule has 2 aromatic carbocycles. The van der Waals surface area contributed by atoms with Gasteiger partial charge in [-0.3, -0.25) is 4.79 Å². The zero-order valence-corrected chi connectivity index (χ0v) is 11.6. The van der Waals surface area contributed by atoms with E-state index in [1.54, 1.807) is 30.5 Å². The molecule has 0 fully saturated rings. The van der Waals surface area contributed by atoms with Crippen LogP contribution in [0.3, 0.4) is 0 Å². The van der Waals surface area contributed by atoms with Crippen LogP contribution in [0.2, 0.25) is 0 Å². The van der Waals surface area contributed by atoms with Crippen molar-refractivity contribution in [3.05, 3.63) is 64.1 Å². The van der Waals surface area contributed by atoms with Gasteiger partial charge >= 0.3 is 0 Å². The van der Waals surface area contributed by atoms with Crippen LogP contribution in [0.4, 0.5) is 5.69 Å². The maximum absolute atomic E-state index is 11.7. The molecule has 96 valence electrons. The maximum atomic E-state index is 11.7. The molecule has 4 nitrogen and oxygen atoms in total. The zero-order chi connectivity index (χ0) is 13.7. The van der Waals surface area contributed by atoms with Gasteiger partial charge in [0.05, 0.1) is 6.21 Å². The van der Waals surface area contributed by atoms with Gasteiger partial charge in [-0.15, -0.1) is 0 Å². The van der Waals surface area contributed by atoms with Gasteiger partial charge in [-0.05, 0) is 42.0 Å². The average Bonchev–Trinajstić information content (AvgIpc) is 2.41. The predicted molar refractivity (Wildman–Crippen MR) is 80.1 cm³/mol. The molecule has 0 saturated heterocycles. The molecule has 0 radical (unpaired) electrons. The second kappa shape index (κ2) is 6.15. The van der Waals surface area contributed by atoms with Crippen LogP contribution in [0, 0.1) is 0 Å². The third kappa shape index (κ3) is 3.93. The Morgan fingerprint density at radius 2 is 1.74 bits per heavy atom. The van der Waals surface area contributed by atoms with Crippen molar-refractivity contribution in [2.45, 2.75) is 0 Å². The summed E-state index contributed by atoms with van der Waals surface area (Å²) in [7, 11) is 0. The van der Waals surface area contributed by atoms with E-state index in [4.69, 9.17) is 5.73 Å². The smallest absolute Gasteiger partial charge is 0.271 e. The molecule has 0 atom stereocenters. The van der Waals surface area contributed by atoms with E-state index in [1.807, 2.05) is 24.3 Å². The molecule has 0 heterocycles. The Morgan fingerprint density at radius 1 is 1.11 bits per heavy atom. The number of anilines is 1. The maximum Gasteiger partial charge on any atom is 0.271 e. The van der Waals surface area contributed by atoms with Crippen molar-refractivity contribution >= 4 is 33.7 Å². The highest BCUT2D eigenvalue weighted by Gasteiger charge is 2.02. The summed E-state index contributed by atoms with van der Waals surface area (Å²) >= 11 is 3.35. The van der Waals surface area contributed by atoms with Crippen LogP contribution in [-0.4, -0.2) is 12.1 Å². The van der Waals surface area contributed by atoms with Crippen molar-refractivity contribution in [3.8, 4) is 0 Å². The summed E-state index contributed by atoms with van der Waals surface area (Å²) in [6.45, 7) is 0. The fraction of sp³-hybridized carbons (Fsp3) is 0. The second-order valence-corrected chi connectivity index (χ2v) is 4.79. The summed E-state index contributed by atoms with van der Waals surface area (Å²) in [6.07, 6.45) is 1.58. The largest absolute Gasteiger partial charge is 0.399 e. The molecule has 0 bridgehead atoms. The van der Waals surface area contributed by atoms with E-state index in [0.29, 0.717) is 11.3 Å². The molecular weight excluding hydrogens is 306 g/mol. The lowest BCUT2D eigenvalue weighted by molar-refractivity contribution is 0.0955. The molecule has 3 N–H and O–H groups in total. The number of hydrogen-bond acceptors (Lipinski definition) is 3. The highest BCUT2D eigenvalue weighted by molar-refractivity contribution is 9.10. The number of hydrogen-bond donors (Lipinski definition) is 2. The number of nitrogens with zero attached hydrogens (tertiary/aromatic N) is 1. The second-order valence-electron chi connectivity index (χ2n) is 3.87. The number of hydrazone groups is 1. The molecule has 0 aliphatic carbocycles. The number of carbonyl (C=O) groups is 1. The molecule has 19 heavy (non-hydrogen) atoms. The molecule has 0 saturated carbocycles. The fourth-order valence-corrected chi connectivity index (χ4v) is 1.68. The number of halogens is 1. The van der Waals surface area contributed by atoms with E-state index >= 15 is 0 Å². The Kier molecular flexibility index (Phi) is 4.30. The van der Waals surface area contributed by atoms with Crippen LogP contribution in [0.15, 0.2) is 58.1 Å². The van der Waals surface area contributed by atoms with E-state index in [-0.39, 0.29) is 5.91 Å². The van der Waals surface area contributed by atoms with E-state index in [9.17, 15) is 4.79 Å². The zero-order valence-electron chi connectivity index (χ0n) is 10.0. The first-order valence-electron chi connectivity index (χ1n) is 5.59. The van der Waals surface area contributed by atoms with Gasteiger partial charge in [0, 0.05) is 15.7 Å². The Morgan fingerprint density at radius 3 is 2.37 bits per heavy atom. The molecule has 0 spiro atoms. The minimum Gasteiger partial charge on any atom is -0.399 e. The Hall–Kier alpha value is -2.14. The first-order valence-corrected chi connectivity index (χ1v) is 6.39. The standard InChI is InChI=1S/C14H12BrN3O/c15-12-5-1-10(2-6-12)9-17-18-14(19)11-3-7-13(16)8-4-11/h1-9H,16H2,(H,18,19)/b17-9-. The molecule has 0 unspecified atom stereocenters. The molecule has 0 aliphatic rings. The van der Waals surface area contributed by atoms with Gasteiger partial charge < -0.3 is 5.73 Å². The quantitative estimate of drug-likeness (QED) is 0.519. The minimum absolute atomic E-state index is 0.270. The number of carbonyl (C=O) groups excluding carboxylic acids is 1. The van der Waals surface area contributed by atoms with Crippen LogP contribution in [0.1, 0.15) is 15.9 Å². The summed E-state index contributed by atoms with van der Waals surface area (Å²) in [5.74, 6) is -0.270. The first-order chi connectivity index (χ1) is 9.15. The summed E-state index contributed by atoms with van der Waals surface area (Å²) in [5.41, 5.74) is 10.0. The molecule has 2 rings (SSSR count). The van der Waals surface area contributed by atoms with Gasteiger partial charge in [-0.25, -0.2) is 5.43 Å². The number of nitrogens with two attached hydrogens (primary N) is 1. The van der Waals surface area contributed by atoms with Crippen molar-refractivity contribution < 1.29 is 4.79 Å². The lowest BCUT2D eigenvalue weighted by Crippen LogP contribution is -2.17. The van der Waals surface area contributed by atoms with E-state index in [2.05, 4.69) is 26.5 Å². The van der Waals surface area contributed by atoms with Gasteiger partial charge in [-0.1, -0.05) is 28.1 Å². The summed E-state index contributed by atoms with van der Waals surface area (Å²) in [5, 5.41) is 3.90. The molecule has 5 heteroatoms. The lowest BCUT2D eigenvalue weighted by atomic mass is 10.2. The Labute approximate surface area is 119 Å². The molecule has 2 aromatic rings. The van der Waals surface area contributed by atoms with Crippen molar-refractivity contribution in [3.63, 3.8) is 0 Å². The van der Waals surface area contributed by atoms with Gasteiger partial charge in [0.2, 0.25) is 0 Å². The number of nitrogens with one attached hydrogen (secondary N) is 1. The SMILES string of the molecule is Nc1ccc(C(=O)N/N=C\c2ccc(Br)cc2)cc1. The third-order valence-corrected chi connectivity index (χ3v) is 2.95. The van der Waals surface area contributed by atoms with E-state index in [1.165, 1.54) is 0 Å². The van der Waals surface area contributed by atoms with Crippen molar-refractivity contribution in [2.24, 2.45) is 5.10 Å². The van der Waals surface area contributed by atoms with Crippen molar-refractivity contribution in [1.82, 2.24) is 5.43 Å². The summed E-state index contributed by atoms with van der Waals surface area (Å²) < 4.78 is 0.996. The monoisotopic (exact) mass is 317 g/mol. The van der Waals surface area contributed by atoms with Crippen molar-refractivity contribution in [2.75, 3.05) is 5.73 Å². The highest BCUT2D eigenvalue weighted by Crippen LogP contribution is 2.09. The van der Waals surface area contributed by atoms with E-state index < -0.39 is 0 Å². The van der Waals surface area contributed by atoms with Crippen LogP contribution in [0.5, 0.6) is 0 Å². The number of rotatable bonds is 3. The highest BCUT2D eigenvalue weighted by atomic mass is 79.9. The number of nitrogen functional groups attached to an aromatic ring is 1. The molecule has 1 amide bonds. The Balaban J connectivity index is 1.96. The number of benzene rings is 2. The summed E-state index contributed by atoms with van der Waals surface area (Å²) in [6, 6.07) is 14.2. The van der Waals surface area contributed by atoms with Crippen molar-refractivity contribution in [1.29, 1.82) is 0 Å². The normalized spacial score (nSPS) is 10.6. The Bertz CT molecular complexity index is 591. The topological polar surface area (TPSA) is 67.5 Å². The average molecular weight is 318 g/mol. The van der Waals surface area contributed by atoms with Gasteiger partial charge in [0.1, 0.15) is 0 Å².